The Balaban J connectivity index is 2.38. The van der Waals surface area contributed by atoms with Gasteiger partial charge in [-0.25, -0.2) is 18.2 Å². The fraction of sp³-hybridized carbons (Fsp3) is 0.0909. The summed E-state index contributed by atoms with van der Waals surface area (Å²) >= 11 is 3.99. The molecular formula is C11H9BrN2O5S2. The van der Waals surface area contributed by atoms with Gasteiger partial charge in [-0.3, -0.25) is 4.72 Å². The van der Waals surface area contributed by atoms with Gasteiger partial charge in [-0.05, 0) is 28.1 Å². The lowest BCUT2D eigenvalue weighted by Gasteiger charge is -2.09. The molecule has 0 aliphatic rings. The monoisotopic (exact) mass is 392 g/mol. The van der Waals surface area contributed by atoms with Gasteiger partial charge in [-0.2, -0.15) is 0 Å². The second-order valence-corrected chi connectivity index (χ2v) is 7.34. The minimum atomic E-state index is -4.03. The average molecular weight is 393 g/mol. The molecule has 0 bridgehead atoms. The molecule has 0 aliphatic carbocycles. The first-order chi connectivity index (χ1) is 9.85. The van der Waals surface area contributed by atoms with Crippen LogP contribution in [0.5, 0.6) is 5.75 Å². The third kappa shape index (κ3) is 3.34. The lowest BCUT2D eigenvalue weighted by Crippen LogP contribution is -2.15. The molecule has 0 aliphatic heterocycles. The van der Waals surface area contributed by atoms with Crippen molar-refractivity contribution >= 4 is 48.9 Å². The van der Waals surface area contributed by atoms with E-state index in [1.165, 1.54) is 24.8 Å². The third-order valence-electron chi connectivity index (χ3n) is 2.38. The predicted molar refractivity (Wildman–Crippen MR) is 80.6 cm³/mol. The van der Waals surface area contributed by atoms with Gasteiger partial charge in [0.2, 0.25) is 0 Å². The van der Waals surface area contributed by atoms with Gasteiger partial charge in [-0.15, -0.1) is 11.3 Å². The summed E-state index contributed by atoms with van der Waals surface area (Å²) in [5.74, 6) is -0.956. The topological polar surface area (TPSA) is 106 Å². The molecular weight excluding hydrogens is 384 g/mol. The Kier molecular flexibility index (Phi) is 4.49. The summed E-state index contributed by atoms with van der Waals surface area (Å²) in [4.78, 5) is 14.5. The van der Waals surface area contributed by atoms with E-state index in [1.54, 1.807) is 6.07 Å². The van der Waals surface area contributed by atoms with Crippen molar-refractivity contribution in [3.05, 3.63) is 33.9 Å². The van der Waals surface area contributed by atoms with E-state index < -0.39 is 21.7 Å². The molecule has 1 aromatic carbocycles. The quantitative estimate of drug-likeness (QED) is 0.808. The normalized spacial score (nSPS) is 11.1. The molecule has 112 valence electrons. The summed E-state index contributed by atoms with van der Waals surface area (Å²) in [7, 11) is -2.58. The number of carboxylic acids is 1. The van der Waals surface area contributed by atoms with Gasteiger partial charge in [0, 0.05) is 6.07 Å². The minimum absolute atomic E-state index is 0.250. The molecule has 0 fully saturated rings. The number of thiazole rings is 1. The molecule has 10 heteroatoms. The van der Waals surface area contributed by atoms with Crippen LogP contribution in [-0.4, -0.2) is 31.6 Å². The first-order valence-electron chi connectivity index (χ1n) is 5.38. The molecule has 0 saturated heterocycles. The molecule has 0 spiro atoms. The smallest absolute Gasteiger partial charge is 0.356 e. The van der Waals surface area contributed by atoms with Gasteiger partial charge in [0.1, 0.15) is 5.75 Å². The number of nitrogens with one attached hydrogen (secondary N) is 1. The average Bonchev–Trinajstić information content (AvgIpc) is 2.91. The summed E-state index contributed by atoms with van der Waals surface area (Å²) in [6.45, 7) is 0. The fourth-order valence-corrected chi connectivity index (χ4v) is 4.09. The van der Waals surface area contributed by atoms with Crippen LogP contribution >= 0.6 is 27.3 Å². The van der Waals surface area contributed by atoms with Gasteiger partial charge >= 0.3 is 5.97 Å². The van der Waals surface area contributed by atoms with Crippen molar-refractivity contribution in [1.82, 2.24) is 4.98 Å². The summed E-state index contributed by atoms with van der Waals surface area (Å²) in [5.41, 5.74) is 0.913. The van der Waals surface area contributed by atoms with E-state index in [-0.39, 0.29) is 9.90 Å². The number of nitrogens with zero attached hydrogens (tertiary/aromatic N) is 1. The number of methoxy groups -OCH3 is 1. The maximum absolute atomic E-state index is 12.2. The number of hydrogen-bond donors (Lipinski definition) is 2. The van der Waals surface area contributed by atoms with Crippen molar-refractivity contribution < 1.29 is 23.1 Å². The number of carboxylic acid groups (broad SMARTS) is 1. The number of halogens is 1. The molecule has 2 N–H and O–H groups in total. The van der Waals surface area contributed by atoms with Crippen LogP contribution in [-0.2, 0) is 10.0 Å². The summed E-state index contributed by atoms with van der Waals surface area (Å²) in [6, 6.07) is 4.61. The number of sulfonamides is 1. The highest BCUT2D eigenvalue weighted by Crippen LogP contribution is 2.30. The van der Waals surface area contributed by atoms with E-state index in [9.17, 15) is 13.2 Å². The van der Waals surface area contributed by atoms with Crippen LogP contribution in [0.15, 0.2) is 32.4 Å². The van der Waals surface area contributed by atoms with Crippen molar-refractivity contribution in [2.24, 2.45) is 0 Å². The standard InChI is InChI=1S/C11H9BrN2O5S2/c1-19-8-4-6(2-3-7(8)12)14-21(17,18)11-9(10(15)16)13-5-20-11/h2-5,14H,1H3,(H,15,16). The number of aromatic nitrogens is 1. The van der Waals surface area contributed by atoms with E-state index in [4.69, 9.17) is 9.84 Å². The van der Waals surface area contributed by atoms with E-state index >= 15 is 0 Å². The number of ether oxygens (including phenoxy) is 1. The van der Waals surface area contributed by atoms with Crippen molar-refractivity contribution in [3.63, 3.8) is 0 Å². The molecule has 0 unspecified atom stereocenters. The first kappa shape index (κ1) is 15.7. The summed E-state index contributed by atoms with van der Waals surface area (Å²) < 4.78 is 32.1. The predicted octanol–water partition coefficient (Wildman–Crippen LogP) is 2.41. The minimum Gasteiger partial charge on any atom is -0.495 e. The Bertz CT molecular complexity index is 788. The zero-order chi connectivity index (χ0) is 15.6. The molecule has 0 radical (unpaired) electrons. The van der Waals surface area contributed by atoms with Crippen LogP contribution in [0.1, 0.15) is 10.5 Å². The Morgan fingerprint density at radius 1 is 1.48 bits per heavy atom. The van der Waals surface area contributed by atoms with Crippen LogP contribution in [0.3, 0.4) is 0 Å². The molecule has 2 rings (SSSR count). The first-order valence-corrected chi connectivity index (χ1v) is 8.54. The number of hydrogen-bond acceptors (Lipinski definition) is 6. The Morgan fingerprint density at radius 2 is 2.19 bits per heavy atom. The molecule has 7 nitrogen and oxygen atoms in total. The Morgan fingerprint density at radius 3 is 2.81 bits per heavy atom. The maximum Gasteiger partial charge on any atom is 0.356 e. The second kappa shape index (κ2) is 6.00. The number of rotatable bonds is 5. The van der Waals surface area contributed by atoms with Crippen LogP contribution in [0, 0.1) is 0 Å². The number of carbonyl (C=O) groups is 1. The number of anilines is 1. The van der Waals surface area contributed by atoms with Crippen LogP contribution in [0.2, 0.25) is 0 Å². The summed E-state index contributed by atoms with van der Waals surface area (Å²) in [5, 5.41) is 8.93. The molecule has 1 heterocycles. The van der Waals surface area contributed by atoms with Crippen molar-refractivity contribution in [1.29, 1.82) is 0 Å². The Labute approximate surface area is 132 Å². The third-order valence-corrected chi connectivity index (χ3v) is 5.79. The molecule has 21 heavy (non-hydrogen) atoms. The van der Waals surface area contributed by atoms with Crippen LogP contribution in [0.25, 0.3) is 0 Å². The van der Waals surface area contributed by atoms with E-state index in [2.05, 4.69) is 25.6 Å². The molecule has 2 aromatic rings. The molecule has 0 atom stereocenters. The van der Waals surface area contributed by atoms with Crippen molar-refractivity contribution in [3.8, 4) is 5.75 Å². The maximum atomic E-state index is 12.2. The van der Waals surface area contributed by atoms with Crippen molar-refractivity contribution in [2.45, 2.75) is 4.21 Å². The lowest BCUT2D eigenvalue weighted by molar-refractivity contribution is 0.0687. The van der Waals surface area contributed by atoms with Gasteiger partial charge in [0.15, 0.2) is 9.90 Å². The van der Waals surface area contributed by atoms with Crippen LogP contribution in [0.4, 0.5) is 5.69 Å². The number of benzene rings is 1. The van der Waals surface area contributed by atoms with E-state index in [0.29, 0.717) is 10.2 Å². The zero-order valence-corrected chi connectivity index (χ0v) is 13.8. The fourth-order valence-electron chi connectivity index (χ4n) is 1.49. The van der Waals surface area contributed by atoms with Crippen LogP contribution < -0.4 is 9.46 Å². The Hall–Kier alpha value is -1.65. The van der Waals surface area contributed by atoms with Gasteiger partial charge in [0.25, 0.3) is 10.0 Å². The highest BCUT2D eigenvalue weighted by atomic mass is 79.9. The van der Waals surface area contributed by atoms with Gasteiger partial charge < -0.3 is 9.84 Å². The van der Waals surface area contributed by atoms with E-state index in [0.717, 1.165) is 11.3 Å². The number of aromatic carboxylic acids is 1. The molecule has 0 saturated carbocycles. The highest BCUT2D eigenvalue weighted by molar-refractivity contribution is 9.10. The lowest BCUT2D eigenvalue weighted by atomic mass is 10.3. The SMILES string of the molecule is COc1cc(NS(=O)(=O)c2scnc2C(=O)O)ccc1Br. The largest absolute Gasteiger partial charge is 0.495 e. The zero-order valence-electron chi connectivity index (χ0n) is 10.5. The van der Waals surface area contributed by atoms with Gasteiger partial charge in [0.05, 0.1) is 22.8 Å². The highest BCUT2D eigenvalue weighted by Gasteiger charge is 2.26. The van der Waals surface area contributed by atoms with Crippen molar-refractivity contribution in [2.75, 3.05) is 11.8 Å². The summed E-state index contributed by atoms with van der Waals surface area (Å²) in [6.07, 6.45) is 0. The second-order valence-electron chi connectivity index (χ2n) is 3.75. The van der Waals surface area contributed by atoms with E-state index in [1.807, 2.05) is 0 Å². The molecule has 1 aromatic heterocycles. The molecule has 0 amide bonds. The van der Waals surface area contributed by atoms with Gasteiger partial charge in [-0.1, -0.05) is 0 Å².